The fourth-order valence-corrected chi connectivity index (χ4v) is 2.28. The summed E-state index contributed by atoms with van der Waals surface area (Å²) >= 11 is 5.21. The first-order valence-corrected chi connectivity index (χ1v) is 6.90. The molecule has 0 aromatic heterocycles. The molecule has 0 unspecified atom stereocenters. The zero-order valence-electron chi connectivity index (χ0n) is 8.83. The molecule has 3 heteroatoms. The molecule has 0 bridgehead atoms. The third-order valence-electron chi connectivity index (χ3n) is 2.08. The van der Waals surface area contributed by atoms with Crippen LogP contribution in [0.15, 0.2) is 33.6 Å². The molecule has 0 aliphatic heterocycles. The molecule has 0 saturated carbocycles. The number of carbonyl (C=O) groups excluding carboxylic acids is 1. The summed E-state index contributed by atoms with van der Waals surface area (Å²) < 4.78 is 1.10. The van der Waals surface area contributed by atoms with Gasteiger partial charge >= 0.3 is 0 Å². The minimum atomic E-state index is 0.367. The number of ketones is 1. The van der Waals surface area contributed by atoms with Crippen LogP contribution in [-0.2, 0) is 4.79 Å². The van der Waals surface area contributed by atoms with Gasteiger partial charge in [-0.25, -0.2) is 0 Å². The Morgan fingerprint density at radius 2 is 2.00 bits per heavy atom. The number of thioether (sulfide) groups is 1. The lowest BCUT2D eigenvalue weighted by molar-refractivity contribution is -0.118. The molecule has 1 aromatic rings. The highest BCUT2D eigenvalue weighted by Crippen LogP contribution is 2.21. The third-order valence-corrected chi connectivity index (χ3v) is 3.70. The van der Waals surface area contributed by atoms with Crippen molar-refractivity contribution in [3.63, 3.8) is 0 Å². The van der Waals surface area contributed by atoms with Gasteiger partial charge in [0.2, 0.25) is 0 Å². The van der Waals surface area contributed by atoms with Gasteiger partial charge in [0.15, 0.2) is 0 Å². The maximum Gasteiger partial charge on any atom is 0.132 e. The monoisotopic (exact) mass is 286 g/mol. The van der Waals surface area contributed by atoms with E-state index < -0.39 is 0 Å². The normalized spacial score (nSPS) is 10.3. The van der Waals surface area contributed by atoms with Crippen LogP contribution in [0.1, 0.15) is 26.2 Å². The van der Waals surface area contributed by atoms with Crippen LogP contribution in [0.4, 0.5) is 0 Å². The predicted molar refractivity (Wildman–Crippen MR) is 69.4 cm³/mol. The number of Topliss-reactive ketones (excluding diaryl/α,β-unsaturated/α-hetero) is 1. The molecule has 0 aliphatic carbocycles. The van der Waals surface area contributed by atoms with Gasteiger partial charge in [-0.15, -0.1) is 11.8 Å². The first-order valence-electron chi connectivity index (χ1n) is 5.12. The number of benzene rings is 1. The average Bonchev–Trinajstić information content (AvgIpc) is 2.26. The van der Waals surface area contributed by atoms with E-state index in [-0.39, 0.29) is 0 Å². The van der Waals surface area contributed by atoms with E-state index in [4.69, 9.17) is 0 Å². The van der Waals surface area contributed by atoms with Gasteiger partial charge in [0.1, 0.15) is 5.78 Å². The van der Waals surface area contributed by atoms with Crippen molar-refractivity contribution < 1.29 is 4.79 Å². The molecule has 0 amide bonds. The van der Waals surface area contributed by atoms with Gasteiger partial charge in [0.25, 0.3) is 0 Å². The van der Waals surface area contributed by atoms with Crippen molar-refractivity contribution >= 4 is 33.5 Å². The van der Waals surface area contributed by atoms with Crippen molar-refractivity contribution in [2.24, 2.45) is 0 Å². The van der Waals surface area contributed by atoms with E-state index >= 15 is 0 Å². The number of rotatable bonds is 6. The van der Waals surface area contributed by atoms with E-state index in [0.717, 1.165) is 23.1 Å². The molecular formula is C12H15BrOS. The van der Waals surface area contributed by atoms with Crippen LogP contribution < -0.4 is 0 Å². The fraction of sp³-hybridized carbons (Fsp3) is 0.417. The lowest BCUT2D eigenvalue weighted by Gasteiger charge is -2.01. The maximum atomic E-state index is 11.1. The SMILES string of the molecule is CCC(=O)CCCSc1ccc(Br)cc1. The molecule has 1 aromatic carbocycles. The van der Waals surface area contributed by atoms with Crippen LogP contribution >= 0.6 is 27.7 Å². The minimum Gasteiger partial charge on any atom is -0.300 e. The van der Waals surface area contributed by atoms with Crippen LogP contribution in [0.5, 0.6) is 0 Å². The molecular weight excluding hydrogens is 272 g/mol. The van der Waals surface area contributed by atoms with Gasteiger partial charge < -0.3 is 0 Å². The molecule has 1 rings (SSSR count). The zero-order valence-corrected chi connectivity index (χ0v) is 11.2. The molecule has 0 atom stereocenters. The van der Waals surface area contributed by atoms with E-state index in [0.29, 0.717) is 12.2 Å². The van der Waals surface area contributed by atoms with E-state index in [1.807, 2.05) is 30.8 Å². The molecule has 1 nitrogen and oxygen atoms in total. The largest absolute Gasteiger partial charge is 0.300 e. The lowest BCUT2D eigenvalue weighted by Crippen LogP contribution is -1.95. The molecule has 0 heterocycles. The lowest BCUT2D eigenvalue weighted by atomic mass is 10.2. The van der Waals surface area contributed by atoms with Gasteiger partial charge in [-0.05, 0) is 36.4 Å². The minimum absolute atomic E-state index is 0.367. The summed E-state index contributed by atoms with van der Waals surface area (Å²) in [6.45, 7) is 1.92. The summed E-state index contributed by atoms with van der Waals surface area (Å²) in [5.74, 6) is 1.39. The van der Waals surface area contributed by atoms with Crippen molar-refractivity contribution in [1.82, 2.24) is 0 Å². The highest BCUT2D eigenvalue weighted by Gasteiger charge is 1.98. The zero-order chi connectivity index (χ0) is 11.1. The van der Waals surface area contributed by atoms with Gasteiger partial charge in [-0.1, -0.05) is 22.9 Å². The standard InChI is InChI=1S/C12H15BrOS/c1-2-11(14)4-3-9-15-12-7-5-10(13)6-8-12/h5-8H,2-4,9H2,1H3. The Hall–Kier alpha value is -0.280. The Morgan fingerprint density at radius 3 is 2.60 bits per heavy atom. The summed E-state index contributed by atoms with van der Waals surface area (Å²) in [5, 5.41) is 0. The second kappa shape index (κ2) is 7.07. The summed E-state index contributed by atoms with van der Waals surface area (Å²) in [5.41, 5.74) is 0. The number of carbonyl (C=O) groups is 1. The molecule has 0 fully saturated rings. The van der Waals surface area contributed by atoms with E-state index in [1.165, 1.54) is 4.90 Å². The second-order valence-electron chi connectivity index (χ2n) is 3.30. The Kier molecular flexibility index (Phi) is 6.03. The first-order chi connectivity index (χ1) is 7.22. The van der Waals surface area contributed by atoms with Crippen LogP contribution in [0.2, 0.25) is 0 Å². The van der Waals surface area contributed by atoms with Gasteiger partial charge in [0.05, 0.1) is 0 Å². The van der Waals surface area contributed by atoms with Crippen LogP contribution in [0.3, 0.4) is 0 Å². The molecule has 0 spiro atoms. The Bertz CT molecular complexity index is 308. The van der Waals surface area contributed by atoms with E-state index in [1.54, 1.807) is 0 Å². The molecule has 0 saturated heterocycles. The highest BCUT2D eigenvalue weighted by molar-refractivity contribution is 9.10. The smallest absolute Gasteiger partial charge is 0.132 e. The quantitative estimate of drug-likeness (QED) is 0.573. The van der Waals surface area contributed by atoms with Crippen LogP contribution in [-0.4, -0.2) is 11.5 Å². The van der Waals surface area contributed by atoms with Crippen molar-refractivity contribution in [2.45, 2.75) is 31.1 Å². The Labute approximate surface area is 104 Å². The highest BCUT2D eigenvalue weighted by atomic mass is 79.9. The maximum absolute atomic E-state index is 11.1. The summed E-state index contributed by atoms with van der Waals surface area (Å²) in [6, 6.07) is 8.27. The topological polar surface area (TPSA) is 17.1 Å². The third kappa shape index (κ3) is 5.38. The van der Waals surface area contributed by atoms with Crippen LogP contribution in [0, 0.1) is 0 Å². The summed E-state index contributed by atoms with van der Waals surface area (Å²) in [4.78, 5) is 12.3. The molecule has 0 N–H and O–H groups in total. The van der Waals surface area contributed by atoms with Gasteiger partial charge in [0, 0.05) is 22.2 Å². The number of hydrogen-bond donors (Lipinski definition) is 0. The molecule has 15 heavy (non-hydrogen) atoms. The van der Waals surface area contributed by atoms with E-state index in [2.05, 4.69) is 28.1 Å². The van der Waals surface area contributed by atoms with Gasteiger partial charge in [-0.3, -0.25) is 4.79 Å². The van der Waals surface area contributed by atoms with Crippen molar-refractivity contribution in [3.05, 3.63) is 28.7 Å². The Balaban J connectivity index is 2.20. The molecule has 0 aliphatic rings. The number of hydrogen-bond acceptors (Lipinski definition) is 2. The Morgan fingerprint density at radius 1 is 1.33 bits per heavy atom. The van der Waals surface area contributed by atoms with Gasteiger partial charge in [-0.2, -0.15) is 0 Å². The van der Waals surface area contributed by atoms with Crippen molar-refractivity contribution in [2.75, 3.05) is 5.75 Å². The summed E-state index contributed by atoms with van der Waals surface area (Å²) in [6.07, 6.45) is 2.37. The molecule has 82 valence electrons. The molecule has 0 radical (unpaired) electrons. The predicted octanol–water partition coefficient (Wildman–Crippen LogP) is 4.30. The van der Waals surface area contributed by atoms with Crippen molar-refractivity contribution in [1.29, 1.82) is 0 Å². The second-order valence-corrected chi connectivity index (χ2v) is 5.38. The average molecular weight is 287 g/mol. The fourth-order valence-electron chi connectivity index (χ4n) is 1.17. The number of halogens is 1. The van der Waals surface area contributed by atoms with E-state index in [9.17, 15) is 4.79 Å². The van der Waals surface area contributed by atoms with Crippen LogP contribution in [0.25, 0.3) is 0 Å². The summed E-state index contributed by atoms with van der Waals surface area (Å²) in [7, 11) is 0. The van der Waals surface area contributed by atoms with Crippen molar-refractivity contribution in [3.8, 4) is 0 Å². The first kappa shape index (κ1) is 12.8.